The van der Waals surface area contributed by atoms with Gasteiger partial charge in [0, 0.05) is 29.6 Å². The molecule has 1 spiro atoms. The fourth-order valence-corrected chi connectivity index (χ4v) is 3.83. The van der Waals surface area contributed by atoms with Crippen molar-refractivity contribution >= 4 is 12.3 Å². The summed E-state index contributed by atoms with van der Waals surface area (Å²) in [6.07, 6.45) is 13.5. The predicted molar refractivity (Wildman–Crippen MR) is 94.2 cm³/mol. The molecular weight excluding hydrogens is 303 g/mol. The van der Waals surface area contributed by atoms with E-state index in [4.69, 9.17) is 9.98 Å². The van der Waals surface area contributed by atoms with Gasteiger partial charge in [0.25, 0.3) is 0 Å². The number of aromatic nitrogens is 2. The van der Waals surface area contributed by atoms with Crippen LogP contribution in [0.2, 0.25) is 0 Å². The van der Waals surface area contributed by atoms with Crippen LogP contribution in [-0.2, 0) is 5.54 Å². The van der Waals surface area contributed by atoms with Crippen LogP contribution >= 0.6 is 0 Å². The zero-order valence-electron chi connectivity index (χ0n) is 13.9. The molecule has 0 amide bonds. The summed E-state index contributed by atoms with van der Waals surface area (Å²) in [4.78, 5) is 13.0. The maximum atomic E-state index is 14.6. The number of H-pyrrole nitrogens is 1. The number of hydrogen-bond acceptors (Lipinski definition) is 3. The van der Waals surface area contributed by atoms with Crippen LogP contribution in [0.5, 0.6) is 0 Å². The molecule has 0 aromatic carbocycles. The van der Waals surface area contributed by atoms with Gasteiger partial charge in [0.1, 0.15) is 11.7 Å². The SMILES string of the molecule is CCC(CC)c1nc2c([nH]1)C13N=CC=C(F)C1=CCC=C3NC=C2. The van der Waals surface area contributed by atoms with Gasteiger partial charge in [-0.2, -0.15) is 0 Å². The third-order valence-corrected chi connectivity index (χ3v) is 5.13. The number of hydrogen-bond donors (Lipinski definition) is 2. The third-order valence-electron chi connectivity index (χ3n) is 5.13. The molecule has 4 nitrogen and oxygen atoms in total. The van der Waals surface area contributed by atoms with E-state index in [1.807, 2.05) is 18.4 Å². The molecule has 1 aliphatic carbocycles. The van der Waals surface area contributed by atoms with Crippen molar-refractivity contribution < 1.29 is 4.39 Å². The van der Waals surface area contributed by atoms with Gasteiger partial charge in [-0.25, -0.2) is 9.37 Å². The van der Waals surface area contributed by atoms with Crippen molar-refractivity contribution in [1.29, 1.82) is 0 Å². The van der Waals surface area contributed by atoms with E-state index in [1.165, 1.54) is 6.08 Å². The van der Waals surface area contributed by atoms with Gasteiger partial charge in [-0.05, 0) is 31.4 Å². The fraction of sp³-hybridized carbons (Fsp3) is 0.368. The summed E-state index contributed by atoms with van der Waals surface area (Å²) in [5.74, 6) is 1.09. The lowest BCUT2D eigenvalue weighted by molar-refractivity contribution is 0.515. The Morgan fingerprint density at radius 3 is 2.92 bits per heavy atom. The Balaban J connectivity index is 1.95. The molecule has 24 heavy (non-hydrogen) atoms. The molecule has 1 atom stereocenters. The Labute approximate surface area is 141 Å². The maximum absolute atomic E-state index is 14.6. The highest BCUT2D eigenvalue weighted by Gasteiger charge is 2.47. The lowest BCUT2D eigenvalue weighted by Crippen LogP contribution is -2.38. The molecule has 0 radical (unpaired) electrons. The molecule has 1 aromatic rings. The molecule has 4 rings (SSSR count). The van der Waals surface area contributed by atoms with Crippen LogP contribution in [0.15, 0.2) is 46.5 Å². The van der Waals surface area contributed by atoms with Gasteiger partial charge in [-0.3, -0.25) is 4.99 Å². The molecule has 5 heteroatoms. The molecule has 3 heterocycles. The van der Waals surface area contributed by atoms with Gasteiger partial charge in [0.05, 0.1) is 11.4 Å². The van der Waals surface area contributed by atoms with Crippen LogP contribution in [0.3, 0.4) is 0 Å². The van der Waals surface area contributed by atoms with Gasteiger partial charge < -0.3 is 10.3 Å². The van der Waals surface area contributed by atoms with Crippen molar-refractivity contribution in [3.8, 4) is 0 Å². The topological polar surface area (TPSA) is 53.1 Å². The van der Waals surface area contributed by atoms with E-state index in [0.29, 0.717) is 17.9 Å². The van der Waals surface area contributed by atoms with E-state index in [1.54, 1.807) is 6.21 Å². The second-order valence-electron chi connectivity index (χ2n) is 6.35. The normalized spacial score (nSPS) is 24.2. The fourth-order valence-electron chi connectivity index (χ4n) is 3.83. The van der Waals surface area contributed by atoms with Crippen LogP contribution in [-0.4, -0.2) is 16.2 Å². The van der Waals surface area contributed by atoms with Crippen LogP contribution in [0.25, 0.3) is 6.08 Å². The summed E-state index contributed by atoms with van der Waals surface area (Å²) < 4.78 is 14.6. The minimum absolute atomic E-state index is 0.232. The van der Waals surface area contributed by atoms with Crippen molar-refractivity contribution in [2.75, 3.05) is 0 Å². The number of rotatable bonds is 3. The smallest absolute Gasteiger partial charge is 0.169 e. The lowest BCUT2D eigenvalue weighted by atomic mass is 9.77. The molecule has 0 saturated heterocycles. The van der Waals surface area contributed by atoms with Crippen LogP contribution in [0, 0.1) is 0 Å². The van der Waals surface area contributed by atoms with Crippen molar-refractivity contribution in [2.24, 2.45) is 4.99 Å². The van der Waals surface area contributed by atoms with E-state index in [-0.39, 0.29) is 5.83 Å². The van der Waals surface area contributed by atoms with Crippen molar-refractivity contribution in [3.63, 3.8) is 0 Å². The number of allylic oxidation sites excluding steroid dienone is 3. The first-order valence-electron chi connectivity index (χ1n) is 8.56. The standard InChI is InChI=1S/C19H21FN4/c1-3-12(4-2)18-23-15-9-10-21-16-7-5-6-13-14(20)8-11-22-19(13,16)17(15)24-18/h6-12,21H,3-5H2,1-2H3,(H,23,24). The van der Waals surface area contributed by atoms with Crippen LogP contribution in [0.1, 0.15) is 56.2 Å². The number of imidazole rings is 1. The predicted octanol–water partition coefficient (Wildman–Crippen LogP) is 4.23. The average molecular weight is 324 g/mol. The number of nitrogens with zero attached hydrogens (tertiary/aromatic N) is 2. The Hall–Kier alpha value is -2.43. The lowest BCUT2D eigenvalue weighted by Gasteiger charge is -2.36. The van der Waals surface area contributed by atoms with E-state index in [9.17, 15) is 4.39 Å². The van der Waals surface area contributed by atoms with E-state index in [0.717, 1.165) is 35.8 Å². The Kier molecular flexibility index (Phi) is 3.52. The highest BCUT2D eigenvalue weighted by atomic mass is 19.1. The van der Waals surface area contributed by atoms with Crippen molar-refractivity contribution in [3.05, 3.63) is 58.7 Å². The van der Waals surface area contributed by atoms with E-state index >= 15 is 0 Å². The highest BCUT2D eigenvalue weighted by Crippen LogP contribution is 2.48. The van der Waals surface area contributed by atoms with Crippen molar-refractivity contribution in [2.45, 2.75) is 44.6 Å². The van der Waals surface area contributed by atoms with Gasteiger partial charge in [-0.15, -0.1) is 0 Å². The van der Waals surface area contributed by atoms with Crippen LogP contribution in [0.4, 0.5) is 4.39 Å². The maximum Gasteiger partial charge on any atom is 0.169 e. The average Bonchev–Trinajstić information content (AvgIpc) is 2.95. The Bertz CT molecular complexity index is 820. The second-order valence-corrected chi connectivity index (χ2v) is 6.35. The summed E-state index contributed by atoms with van der Waals surface area (Å²) in [6.45, 7) is 4.33. The number of fused-ring (bicyclic) bond motifs is 1. The molecule has 0 fully saturated rings. The monoisotopic (exact) mass is 324 g/mol. The number of nitrogens with one attached hydrogen (secondary N) is 2. The number of aromatic amines is 1. The summed E-state index contributed by atoms with van der Waals surface area (Å²) in [5, 5.41) is 3.28. The molecule has 1 unspecified atom stereocenters. The van der Waals surface area contributed by atoms with E-state index < -0.39 is 5.54 Å². The Morgan fingerprint density at radius 2 is 2.12 bits per heavy atom. The third kappa shape index (κ3) is 1.97. The van der Waals surface area contributed by atoms with Gasteiger partial charge in [0.2, 0.25) is 0 Å². The molecule has 0 bridgehead atoms. The number of halogens is 1. The van der Waals surface area contributed by atoms with Crippen molar-refractivity contribution in [1.82, 2.24) is 15.3 Å². The first kappa shape index (κ1) is 15.1. The van der Waals surface area contributed by atoms with Crippen LogP contribution < -0.4 is 5.32 Å². The summed E-state index contributed by atoms with van der Waals surface area (Å²) in [6, 6.07) is 0. The largest absolute Gasteiger partial charge is 0.363 e. The minimum atomic E-state index is -0.882. The molecule has 1 aromatic heterocycles. The number of dihydropyridines is 1. The summed E-state index contributed by atoms with van der Waals surface area (Å²) in [7, 11) is 0. The minimum Gasteiger partial charge on any atom is -0.363 e. The molecule has 2 aliphatic heterocycles. The zero-order chi connectivity index (χ0) is 16.7. The quantitative estimate of drug-likeness (QED) is 0.874. The van der Waals surface area contributed by atoms with E-state index in [2.05, 4.69) is 30.2 Å². The van der Waals surface area contributed by atoms with Gasteiger partial charge in [0.15, 0.2) is 5.54 Å². The molecule has 0 saturated carbocycles. The summed E-state index contributed by atoms with van der Waals surface area (Å²) >= 11 is 0. The second kappa shape index (κ2) is 5.58. The first-order chi connectivity index (χ1) is 11.7. The molecule has 3 aliphatic rings. The van der Waals surface area contributed by atoms with Gasteiger partial charge >= 0.3 is 0 Å². The highest BCUT2D eigenvalue weighted by molar-refractivity contribution is 5.79. The van der Waals surface area contributed by atoms with Gasteiger partial charge in [-0.1, -0.05) is 26.0 Å². The molecular formula is C19H21FN4. The zero-order valence-corrected chi connectivity index (χ0v) is 13.9. The first-order valence-corrected chi connectivity index (χ1v) is 8.56. The Morgan fingerprint density at radius 1 is 1.29 bits per heavy atom. The molecule has 124 valence electrons. The molecule has 2 N–H and O–H groups in total. The summed E-state index contributed by atoms with van der Waals surface area (Å²) in [5.41, 5.74) is 2.27. The number of aliphatic imine (C=N–C) groups is 1.